The van der Waals surface area contributed by atoms with E-state index in [1.54, 1.807) is 60.7 Å². The molecule has 0 saturated carbocycles. The fourth-order valence-electron chi connectivity index (χ4n) is 2.91. The van der Waals surface area contributed by atoms with E-state index in [1.165, 1.54) is 14.2 Å². The van der Waals surface area contributed by atoms with Gasteiger partial charge in [0.15, 0.2) is 0 Å². The van der Waals surface area contributed by atoms with Gasteiger partial charge in [-0.2, -0.15) is 0 Å². The van der Waals surface area contributed by atoms with Gasteiger partial charge in [0.1, 0.15) is 11.5 Å². The quantitative estimate of drug-likeness (QED) is 0.572. The maximum atomic E-state index is 12.9. The van der Waals surface area contributed by atoms with E-state index in [0.29, 0.717) is 39.0 Å². The van der Waals surface area contributed by atoms with Gasteiger partial charge in [-0.25, -0.2) is 0 Å². The normalized spacial score (nSPS) is 10.3. The van der Waals surface area contributed by atoms with E-state index < -0.39 is 0 Å². The summed E-state index contributed by atoms with van der Waals surface area (Å²) in [6.45, 7) is 1.85. The molecule has 30 heavy (non-hydrogen) atoms. The van der Waals surface area contributed by atoms with Crippen molar-refractivity contribution in [2.24, 2.45) is 0 Å². The van der Waals surface area contributed by atoms with E-state index in [4.69, 9.17) is 21.1 Å². The molecule has 0 aliphatic rings. The first-order valence-electron chi connectivity index (χ1n) is 9.13. The molecule has 6 nitrogen and oxygen atoms in total. The largest absolute Gasteiger partial charge is 0.496 e. The van der Waals surface area contributed by atoms with Gasteiger partial charge in [0.2, 0.25) is 0 Å². The highest BCUT2D eigenvalue weighted by Crippen LogP contribution is 2.30. The van der Waals surface area contributed by atoms with Crippen LogP contribution >= 0.6 is 11.6 Å². The van der Waals surface area contributed by atoms with E-state index in [9.17, 15) is 9.59 Å². The Hall–Kier alpha value is -3.51. The maximum absolute atomic E-state index is 12.9. The molecule has 2 amide bonds. The number of anilines is 2. The minimum Gasteiger partial charge on any atom is -0.496 e. The third-order valence-corrected chi connectivity index (χ3v) is 4.80. The molecule has 0 spiro atoms. The predicted molar refractivity (Wildman–Crippen MR) is 118 cm³/mol. The second-order valence-corrected chi connectivity index (χ2v) is 6.90. The van der Waals surface area contributed by atoms with Crippen LogP contribution in [0.15, 0.2) is 60.7 Å². The van der Waals surface area contributed by atoms with Crippen LogP contribution in [0.5, 0.6) is 11.5 Å². The van der Waals surface area contributed by atoms with E-state index >= 15 is 0 Å². The Labute approximate surface area is 179 Å². The third kappa shape index (κ3) is 4.72. The molecule has 0 saturated heterocycles. The van der Waals surface area contributed by atoms with Crippen molar-refractivity contribution in [3.05, 3.63) is 82.4 Å². The average Bonchev–Trinajstić information content (AvgIpc) is 2.75. The first-order valence-corrected chi connectivity index (χ1v) is 9.50. The number of ether oxygens (including phenoxy) is 2. The fourth-order valence-corrected chi connectivity index (χ4v) is 3.03. The van der Waals surface area contributed by atoms with Crippen molar-refractivity contribution in [2.45, 2.75) is 6.92 Å². The van der Waals surface area contributed by atoms with Gasteiger partial charge in [0.05, 0.1) is 25.6 Å². The Bertz CT molecular complexity index is 1060. The number of methoxy groups -OCH3 is 2. The van der Waals surface area contributed by atoms with Crippen molar-refractivity contribution in [3.63, 3.8) is 0 Å². The first kappa shape index (κ1) is 21.2. The summed E-state index contributed by atoms with van der Waals surface area (Å²) in [5, 5.41) is 6.18. The molecule has 0 aliphatic carbocycles. The monoisotopic (exact) mass is 424 g/mol. The highest BCUT2D eigenvalue weighted by molar-refractivity contribution is 6.30. The molecule has 0 aliphatic heterocycles. The molecule has 0 fully saturated rings. The van der Waals surface area contributed by atoms with Gasteiger partial charge in [-0.3, -0.25) is 9.59 Å². The Morgan fingerprint density at radius 2 is 1.23 bits per heavy atom. The summed E-state index contributed by atoms with van der Waals surface area (Å²) in [4.78, 5) is 25.4. The summed E-state index contributed by atoms with van der Waals surface area (Å²) in [5.74, 6) is 0.416. The standard InChI is InChI=1S/C23H21ClN2O4/c1-14-20(29-2)12-16(13-21(14)30-3)23(28)26-19-7-5-4-6-18(19)25-22(27)15-8-10-17(24)11-9-15/h4-13H,1-3H3,(H,25,27)(H,26,28). The lowest BCUT2D eigenvalue weighted by Crippen LogP contribution is -2.17. The molecule has 154 valence electrons. The van der Waals surface area contributed by atoms with Crippen LogP contribution in [0, 0.1) is 6.92 Å². The molecule has 3 aromatic rings. The zero-order valence-corrected chi connectivity index (χ0v) is 17.5. The van der Waals surface area contributed by atoms with Gasteiger partial charge < -0.3 is 20.1 Å². The van der Waals surface area contributed by atoms with E-state index in [2.05, 4.69) is 10.6 Å². The SMILES string of the molecule is COc1cc(C(=O)Nc2ccccc2NC(=O)c2ccc(Cl)cc2)cc(OC)c1C. The van der Waals surface area contributed by atoms with Crippen LogP contribution in [0.25, 0.3) is 0 Å². The van der Waals surface area contributed by atoms with Crippen LogP contribution in [0.2, 0.25) is 5.02 Å². The molecule has 0 atom stereocenters. The molecule has 0 radical (unpaired) electrons. The van der Waals surface area contributed by atoms with Crippen LogP contribution in [-0.2, 0) is 0 Å². The minimum absolute atomic E-state index is 0.313. The van der Waals surface area contributed by atoms with Crippen LogP contribution in [0.4, 0.5) is 11.4 Å². The maximum Gasteiger partial charge on any atom is 0.255 e. The van der Waals surface area contributed by atoms with Crippen molar-refractivity contribution < 1.29 is 19.1 Å². The number of rotatable bonds is 6. The fraction of sp³-hybridized carbons (Fsp3) is 0.130. The Morgan fingerprint density at radius 1 is 0.767 bits per heavy atom. The highest BCUT2D eigenvalue weighted by atomic mass is 35.5. The number of benzene rings is 3. The van der Waals surface area contributed by atoms with Gasteiger partial charge in [-0.05, 0) is 55.5 Å². The van der Waals surface area contributed by atoms with E-state index in [1.807, 2.05) is 6.92 Å². The zero-order chi connectivity index (χ0) is 21.7. The van der Waals surface area contributed by atoms with Gasteiger partial charge in [0, 0.05) is 21.7 Å². The molecule has 2 N–H and O–H groups in total. The van der Waals surface area contributed by atoms with Crippen molar-refractivity contribution in [2.75, 3.05) is 24.9 Å². The second kappa shape index (κ2) is 9.33. The molecule has 0 unspecified atom stereocenters. The van der Waals surface area contributed by atoms with Gasteiger partial charge in [-0.15, -0.1) is 0 Å². The van der Waals surface area contributed by atoms with Gasteiger partial charge >= 0.3 is 0 Å². The molecular formula is C23H21ClN2O4. The predicted octanol–water partition coefficient (Wildman–Crippen LogP) is 5.17. The Kier molecular flexibility index (Phi) is 6.59. The lowest BCUT2D eigenvalue weighted by atomic mass is 10.1. The summed E-state index contributed by atoms with van der Waals surface area (Å²) in [5.41, 5.74) is 2.55. The smallest absolute Gasteiger partial charge is 0.255 e. The Balaban J connectivity index is 1.83. The topological polar surface area (TPSA) is 76.7 Å². The van der Waals surface area contributed by atoms with E-state index in [0.717, 1.165) is 5.56 Å². The molecule has 7 heteroatoms. The van der Waals surface area contributed by atoms with Crippen LogP contribution < -0.4 is 20.1 Å². The van der Waals surface area contributed by atoms with Crippen LogP contribution in [-0.4, -0.2) is 26.0 Å². The van der Waals surface area contributed by atoms with Crippen molar-refractivity contribution in [1.29, 1.82) is 0 Å². The van der Waals surface area contributed by atoms with E-state index in [-0.39, 0.29) is 11.8 Å². The van der Waals surface area contributed by atoms with Crippen LogP contribution in [0.3, 0.4) is 0 Å². The minimum atomic E-state index is -0.361. The van der Waals surface area contributed by atoms with Crippen LogP contribution in [0.1, 0.15) is 26.3 Å². The number of carbonyl (C=O) groups excluding carboxylic acids is 2. The number of halogens is 1. The van der Waals surface area contributed by atoms with Crippen molar-refractivity contribution >= 4 is 34.8 Å². The van der Waals surface area contributed by atoms with Crippen molar-refractivity contribution in [3.8, 4) is 11.5 Å². The molecule has 3 aromatic carbocycles. The zero-order valence-electron chi connectivity index (χ0n) is 16.8. The first-order chi connectivity index (χ1) is 14.4. The summed E-state index contributed by atoms with van der Waals surface area (Å²) < 4.78 is 10.7. The average molecular weight is 425 g/mol. The molecule has 0 bridgehead atoms. The molecular weight excluding hydrogens is 404 g/mol. The number of amides is 2. The van der Waals surface area contributed by atoms with Gasteiger partial charge in [0.25, 0.3) is 11.8 Å². The lowest BCUT2D eigenvalue weighted by molar-refractivity contribution is 0.101. The summed E-state index contributed by atoms with van der Waals surface area (Å²) in [7, 11) is 3.07. The Morgan fingerprint density at radius 3 is 1.70 bits per heavy atom. The number of hydrogen-bond donors (Lipinski definition) is 2. The summed E-state index contributed by atoms with van der Waals surface area (Å²) in [6, 6.07) is 16.8. The molecule has 0 aromatic heterocycles. The number of para-hydroxylation sites is 2. The number of nitrogens with one attached hydrogen (secondary N) is 2. The summed E-state index contributed by atoms with van der Waals surface area (Å²) in [6.07, 6.45) is 0. The molecule has 3 rings (SSSR count). The lowest BCUT2D eigenvalue weighted by Gasteiger charge is -2.15. The number of carbonyl (C=O) groups is 2. The third-order valence-electron chi connectivity index (χ3n) is 4.54. The van der Waals surface area contributed by atoms with Crippen molar-refractivity contribution in [1.82, 2.24) is 0 Å². The second-order valence-electron chi connectivity index (χ2n) is 6.47. The number of hydrogen-bond acceptors (Lipinski definition) is 4. The molecule has 0 heterocycles. The highest BCUT2D eigenvalue weighted by Gasteiger charge is 2.16. The summed E-state index contributed by atoms with van der Waals surface area (Å²) >= 11 is 5.87. The van der Waals surface area contributed by atoms with Gasteiger partial charge in [-0.1, -0.05) is 23.7 Å².